The molecule has 1 aliphatic rings. The Labute approximate surface area is 132 Å². The first-order valence-corrected chi connectivity index (χ1v) is 8.70. The van der Waals surface area contributed by atoms with E-state index in [9.17, 15) is 0 Å². The van der Waals surface area contributed by atoms with E-state index in [-0.39, 0.29) is 0 Å². The van der Waals surface area contributed by atoms with Gasteiger partial charge in [-0.15, -0.1) is 11.6 Å². The Balaban J connectivity index is 2.07. The minimum atomic E-state index is 0.536. The molecule has 0 radical (unpaired) electrons. The van der Waals surface area contributed by atoms with Crippen LogP contribution >= 0.6 is 27.5 Å². The highest BCUT2D eigenvalue weighted by atomic mass is 79.9. The molecule has 1 aliphatic carbocycles. The largest absolute Gasteiger partial charge is 0.310 e. The number of pyridine rings is 1. The van der Waals surface area contributed by atoms with Crippen LogP contribution in [0.4, 0.5) is 0 Å². The van der Waals surface area contributed by atoms with Crippen molar-refractivity contribution in [3.63, 3.8) is 0 Å². The number of aromatic nitrogens is 3. The topological polar surface area (TPSA) is 30.7 Å². The van der Waals surface area contributed by atoms with Gasteiger partial charge in [0.1, 0.15) is 11.3 Å². The second-order valence-corrected chi connectivity index (χ2v) is 6.77. The second-order valence-electron chi connectivity index (χ2n) is 5.48. The molecule has 2 heterocycles. The third-order valence-corrected chi connectivity index (χ3v) is 4.70. The normalized spacial score (nSPS) is 17.5. The summed E-state index contributed by atoms with van der Waals surface area (Å²) in [6.45, 7) is 0. The van der Waals surface area contributed by atoms with Crippen LogP contribution in [0.15, 0.2) is 16.7 Å². The van der Waals surface area contributed by atoms with E-state index >= 15 is 0 Å². The van der Waals surface area contributed by atoms with Gasteiger partial charge in [0.2, 0.25) is 0 Å². The van der Waals surface area contributed by atoms with Crippen molar-refractivity contribution in [2.75, 3.05) is 5.88 Å². The SMILES string of the molecule is ClCCc1nc2cc(Br)cnc2n1C1CCCCCC1. The summed E-state index contributed by atoms with van der Waals surface area (Å²) in [5.41, 5.74) is 1.99. The predicted molar refractivity (Wildman–Crippen MR) is 86.4 cm³/mol. The molecule has 0 saturated heterocycles. The van der Waals surface area contributed by atoms with E-state index in [0.717, 1.165) is 27.9 Å². The molecule has 0 unspecified atom stereocenters. The summed E-state index contributed by atoms with van der Waals surface area (Å²) in [6, 6.07) is 2.59. The highest BCUT2D eigenvalue weighted by Crippen LogP contribution is 2.31. The Morgan fingerprint density at radius 3 is 2.70 bits per heavy atom. The van der Waals surface area contributed by atoms with E-state index in [0.29, 0.717) is 11.9 Å². The van der Waals surface area contributed by atoms with Gasteiger partial charge in [-0.05, 0) is 34.8 Å². The van der Waals surface area contributed by atoms with Gasteiger partial charge in [-0.1, -0.05) is 25.7 Å². The summed E-state index contributed by atoms with van der Waals surface area (Å²) in [6.07, 6.45) is 10.5. The molecule has 20 heavy (non-hydrogen) atoms. The van der Waals surface area contributed by atoms with Gasteiger partial charge in [0.05, 0.1) is 0 Å². The number of hydrogen-bond acceptors (Lipinski definition) is 2. The first-order valence-electron chi connectivity index (χ1n) is 7.38. The van der Waals surface area contributed by atoms with Crippen LogP contribution in [0.5, 0.6) is 0 Å². The van der Waals surface area contributed by atoms with Crippen LogP contribution in [-0.4, -0.2) is 20.4 Å². The number of nitrogens with zero attached hydrogens (tertiary/aromatic N) is 3. The molecule has 5 heteroatoms. The van der Waals surface area contributed by atoms with Gasteiger partial charge in [-0.2, -0.15) is 0 Å². The third kappa shape index (κ3) is 2.86. The average molecular weight is 357 g/mol. The lowest BCUT2D eigenvalue weighted by Crippen LogP contribution is -2.13. The van der Waals surface area contributed by atoms with E-state index in [1.165, 1.54) is 38.5 Å². The van der Waals surface area contributed by atoms with Gasteiger partial charge >= 0.3 is 0 Å². The van der Waals surface area contributed by atoms with Crippen LogP contribution in [0.3, 0.4) is 0 Å². The molecular formula is C15H19BrClN3. The standard InChI is InChI=1S/C15H19BrClN3/c16-11-9-13-15(18-10-11)20(14(19-13)7-8-17)12-5-3-1-2-4-6-12/h9-10,12H,1-8H2. The van der Waals surface area contributed by atoms with Crippen molar-refractivity contribution in [2.24, 2.45) is 0 Å². The lowest BCUT2D eigenvalue weighted by Gasteiger charge is -2.19. The maximum Gasteiger partial charge on any atom is 0.160 e. The molecule has 0 atom stereocenters. The Hall–Kier alpha value is -0.610. The average Bonchev–Trinajstić information content (AvgIpc) is 2.63. The molecule has 2 aromatic rings. The predicted octanol–water partition coefficient (Wildman–Crippen LogP) is 4.87. The monoisotopic (exact) mass is 355 g/mol. The summed E-state index contributed by atoms with van der Waals surface area (Å²) < 4.78 is 3.34. The van der Waals surface area contributed by atoms with Crippen LogP contribution in [0.2, 0.25) is 0 Å². The number of rotatable bonds is 3. The van der Waals surface area contributed by atoms with Crippen LogP contribution < -0.4 is 0 Å². The van der Waals surface area contributed by atoms with Crippen molar-refractivity contribution in [2.45, 2.75) is 51.0 Å². The summed E-state index contributed by atoms with van der Waals surface area (Å²) in [7, 11) is 0. The molecule has 0 spiro atoms. The summed E-state index contributed by atoms with van der Waals surface area (Å²) in [5.74, 6) is 1.70. The van der Waals surface area contributed by atoms with Crippen molar-refractivity contribution in [3.05, 3.63) is 22.6 Å². The Kier molecular flexibility index (Phi) is 4.61. The molecular weight excluding hydrogens is 338 g/mol. The maximum atomic E-state index is 5.96. The summed E-state index contributed by atoms with van der Waals surface area (Å²) >= 11 is 9.43. The molecule has 3 rings (SSSR count). The number of aryl methyl sites for hydroxylation is 1. The van der Waals surface area contributed by atoms with E-state index in [1.807, 2.05) is 12.3 Å². The number of hydrogen-bond donors (Lipinski definition) is 0. The van der Waals surface area contributed by atoms with Crippen molar-refractivity contribution >= 4 is 38.7 Å². The van der Waals surface area contributed by atoms with Gasteiger partial charge in [0.15, 0.2) is 5.65 Å². The summed E-state index contributed by atoms with van der Waals surface area (Å²) in [4.78, 5) is 9.35. The first-order chi connectivity index (χ1) is 9.79. The molecule has 1 fully saturated rings. The molecule has 3 nitrogen and oxygen atoms in total. The van der Waals surface area contributed by atoms with Gasteiger partial charge in [-0.3, -0.25) is 0 Å². The molecule has 0 aromatic carbocycles. The van der Waals surface area contributed by atoms with Gasteiger partial charge < -0.3 is 4.57 Å². The number of halogens is 2. The molecule has 0 aliphatic heterocycles. The fourth-order valence-electron chi connectivity index (χ4n) is 3.16. The molecule has 0 bridgehead atoms. The molecule has 0 N–H and O–H groups in total. The quantitative estimate of drug-likeness (QED) is 0.580. The van der Waals surface area contributed by atoms with Crippen molar-refractivity contribution in [1.82, 2.24) is 14.5 Å². The third-order valence-electron chi connectivity index (χ3n) is 4.08. The zero-order valence-electron chi connectivity index (χ0n) is 11.5. The lowest BCUT2D eigenvalue weighted by atomic mass is 10.1. The van der Waals surface area contributed by atoms with E-state index < -0.39 is 0 Å². The van der Waals surface area contributed by atoms with Crippen LogP contribution in [0, 0.1) is 0 Å². The van der Waals surface area contributed by atoms with Crippen LogP contribution in [0.25, 0.3) is 11.2 Å². The van der Waals surface area contributed by atoms with Gasteiger partial charge in [-0.25, -0.2) is 9.97 Å². The number of alkyl halides is 1. The van der Waals surface area contributed by atoms with Crippen molar-refractivity contribution in [3.8, 4) is 0 Å². The zero-order valence-corrected chi connectivity index (χ0v) is 13.8. The van der Waals surface area contributed by atoms with E-state index in [1.54, 1.807) is 0 Å². The lowest BCUT2D eigenvalue weighted by molar-refractivity contribution is 0.439. The number of imidazole rings is 1. The first kappa shape index (κ1) is 14.3. The van der Waals surface area contributed by atoms with E-state index in [4.69, 9.17) is 16.6 Å². The van der Waals surface area contributed by atoms with Gasteiger partial charge in [0, 0.05) is 29.0 Å². The summed E-state index contributed by atoms with van der Waals surface area (Å²) in [5, 5.41) is 0. The smallest absolute Gasteiger partial charge is 0.160 e. The minimum Gasteiger partial charge on any atom is -0.310 e. The molecule has 108 valence electrons. The molecule has 1 saturated carbocycles. The van der Waals surface area contributed by atoms with Crippen molar-refractivity contribution < 1.29 is 0 Å². The molecule has 0 amide bonds. The van der Waals surface area contributed by atoms with Gasteiger partial charge in [0.25, 0.3) is 0 Å². The molecule has 2 aromatic heterocycles. The zero-order chi connectivity index (χ0) is 13.9. The minimum absolute atomic E-state index is 0.536. The Morgan fingerprint density at radius 1 is 1.25 bits per heavy atom. The fourth-order valence-corrected chi connectivity index (χ4v) is 3.65. The second kappa shape index (κ2) is 6.44. The highest BCUT2D eigenvalue weighted by molar-refractivity contribution is 9.10. The maximum absolute atomic E-state index is 5.96. The highest BCUT2D eigenvalue weighted by Gasteiger charge is 2.21. The fraction of sp³-hybridized carbons (Fsp3) is 0.600. The van der Waals surface area contributed by atoms with Crippen LogP contribution in [-0.2, 0) is 6.42 Å². The Morgan fingerprint density at radius 2 is 2.00 bits per heavy atom. The van der Waals surface area contributed by atoms with Crippen molar-refractivity contribution in [1.29, 1.82) is 0 Å². The van der Waals surface area contributed by atoms with E-state index in [2.05, 4.69) is 25.5 Å². The Bertz CT molecular complexity index is 588. The number of fused-ring (bicyclic) bond motifs is 1. The van der Waals surface area contributed by atoms with Crippen LogP contribution in [0.1, 0.15) is 50.4 Å².